The van der Waals surface area contributed by atoms with E-state index in [0.29, 0.717) is 22.7 Å². The molecule has 0 radical (unpaired) electrons. The van der Waals surface area contributed by atoms with Gasteiger partial charge >= 0.3 is 0 Å². The van der Waals surface area contributed by atoms with Crippen LogP contribution in [0.5, 0.6) is 5.75 Å². The maximum atomic E-state index is 12.7. The summed E-state index contributed by atoms with van der Waals surface area (Å²) in [5, 5.41) is 8.90. The Morgan fingerprint density at radius 3 is 2.68 bits per heavy atom. The Balaban J connectivity index is 1.36. The molecule has 1 saturated heterocycles. The molecular formula is C20H27N5O2S. The zero-order valence-electron chi connectivity index (χ0n) is 16.2. The number of nitrogen functional groups attached to an aromatic ring is 1. The van der Waals surface area contributed by atoms with E-state index in [-0.39, 0.29) is 5.91 Å². The number of benzene rings is 1. The minimum absolute atomic E-state index is 0.169. The van der Waals surface area contributed by atoms with Crippen LogP contribution in [0.2, 0.25) is 0 Å². The van der Waals surface area contributed by atoms with Gasteiger partial charge in [0.05, 0.1) is 12.9 Å². The van der Waals surface area contributed by atoms with E-state index in [4.69, 9.17) is 10.6 Å². The summed E-state index contributed by atoms with van der Waals surface area (Å²) in [4.78, 5) is 14.7. The van der Waals surface area contributed by atoms with Gasteiger partial charge in [0.2, 0.25) is 11.1 Å². The summed E-state index contributed by atoms with van der Waals surface area (Å²) >= 11 is 1.35. The van der Waals surface area contributed by atoms with Gasteiger partial charge in [-0.3, -0.25) is 4.79 Å². The normalized spacial score (nSPS) is 22.0. The van der Waals surface area contributed by atoms with E-state index in [2.05, 4.69) is 10.2 Å². The number of aromatic nitrogens is 3. The SMILES string of the molecule is COc1ccc(-c2nnc(SCC(=O)N3CC[C@@H]4CCCC[C@H]4C3)n2N)cc1. The zero-order chi connectivity index (χ0) is 19.5. The molecule has 2 aromatic rings. The number of nitrogens with zero attached hydrogens (tertiary/aromatic N) is 4. The highest BCUT2D eigenvalue weighted by molar-refractivity contribution is 7.99. The number of amides is 1. The molecule has 1 amide bonds. The molecule has 7 nitrogen and oxygen atoms in total. The van der Waals surface area contributed by atoms with Crippen LogP contribution in [0.1, 0.15) is 32.1 Å². The number of likely N-dealkylation sites (tertiary alicyclic amines) is 1. The van der Waals surface area contributed by atoms with Gasteiger partial charge in [-0.15, -0.1) is 10.2 Å². The van der Waals surface area contributed by atoms with E-state index < -0.39 is 0 Å². The Hall–Kier alpha value is -2.22. The van der Waals surface area contributed by atoms with Crippen LogP contribution in [0, 0.1) is 11.8 Å². The Morgan fingerprint density at radius 2 is 1.93 bits per heavy atom. The maximum Gasteiger partial charge on any atom is 0.233 e. The first-order chi connectivity index (χ1) is 13.7. The summed E-state index contributed by atoms with van der Waals surface area (Å²) < 4.78 is 6.63. The van der Waals surface area contributed by atoms with Crippen molar-refractivity contribution in [3.8, 4) is 17.1 Å². The lowest BCUT2D eigenvalue weighted by Crippen LogP contribution is -2.45. The van der Waals surface area contributed by atoms with Crippen LogP contribution in [-0.2, 0) is 4.79 Å². The number of carbonyl (C=O) groups excluding carboxylic acids is 1. The fraction of sp³-hybridized carbons (Fsp3) is 0.550. The first-order valence-electron chi connectivity index (χ1n) is 9.91. The van der Waals surface area contributed by atoms with E-state index >= 15 is 0 Å². The van der Waals surface area contributed by atoms with Gasteiger partial charge in [0.15, 0.2) is 5.82 Å². The third-order valence-corrected chi connectivity index (χ3v) is 6.91. The lowest BCUT2D eigenvalue weighted by atomic mass is 9.75. The van der Waals surface area contributed by atoms with Gasteiger partial charge < -0.3 is 15.5 Å². The van der Waals surface area contributed by atoms with Crippen molar-refractivity contribution in [1.29, 1.82) is 0 Å². The van der Waals surface area contributed by atoms with Crippen LogP contribution in [0.15, 0.2) is 29.4 Å². The fourth-order valence-corrected chi connectivity index (χ4v) is 5.12. The van der Waals surface area contributed by atoms with E-state index in [1.807, 2.05) is 29.2 Å². The molecule has 8 heteroatoms. The Morgan fingerprint density at radius 1 is 1.18 bits per heavy atom. The predicted octanol–water partition coefficient (Wildman–Crippen LogP) is 2.80. The van der Waals surface area contributed by atoms with Crippen molar-refractivity contribution in [2.24, 2.45) is 11.8 Å². The number of nitrogens with two attached hydrogens (primary N) is 1. The lowest BCUT2D eigenvalue weighted by Gasteiger charge is -2.41. The molecule has 1 saturated carbocycles. The van der Waals surface area contributed by atoms with Crippen molar-refractivity contribution >= 4 is 17.7 Å². The third-order valence-electron chi connectivity index (χ3n) is 5.98. The molecule has 2 atom stereocenters. The maximum absolute atomic E-state index is 12.7. The molecule has 2 N–H and O–H groups in total. The monoisotopic (exact) mass is 401 g/mol. The van der Waals surface area contributed by atoms with Crippen molar-refractivity contribution in [3.63, 3.8) is 0 Å². The van der Waals surface area contributed by atoms with Crippen LogP contribution in [0.4, 0.5) is 0 Å². The number of hydrogen-bond donors (Lipinski definition) is 1. The molecule has 150 valence electrons. The third kappa shape index (κ3) is 3.97. The quantitative estimate of drug-likeness (QED) is 0.612. The van der Waals surface area contributed by atoms with Gasteiger partial charge in [0.25, 0.3) is 0 Å². The number of ether oxygens (including phenoxy) is 1. The van der Waals surface area contributed by atoms with E-state index in [0.717, 1.165) is 36.7 Å². The number of fused-ring (bicyclic) bond motifs is 1. The van der Waals surface area contributed by atoms with Crippen molar-refractivity contribution in [2.45, 2.75) is 37.3 Å². The highest BCUT2D eigenvalue weighted by Crippen LogP contribution is 2.36. The van der Waals surface area contributed by atoms with Gasteiger partial charge in [-0.25, -0.2) is 4.68 Å². The zero-order valence-corrected chi connectivity index (χ0v) is 17.0. The topological polar surface area (TPSA) is 86.3 Å². The summed E-state index contributed by atoms with van der Waals surface area (Å²) in [5.74, 6) is 9.54. The van der Waals surface area contributed by atoms with E-state index in [1.165, 1.54) is 42.1 Å². The number of piperidine rings is 1. The number of thioether (sulfide) groups is 1. The molecule has 2 fully saturated rings. The number of hydrogen-bond acceptors (Lipinski definition) is 6. The molecule has 0 spiro atoms. The average Bonchev–Trinajstić information content (AvgIpc) is 3.12. The largest absolute Gasteiger partial charge is 0.497 e. The lowest BCUT2D eigenvalue weighted by molar-refractivity contribution is -0.131. The van der Waals surface area contributed by atoms with Crippen molar-refractivity contribution in [1.82, 2.24) is 19.8 Å². The van der Waals surface area contributed by atoms with Crippen LogP contribution in [0.3, 0.4) is 0 Å². The molecule has 2 heterocycles. The average molecular weight is 402 g/mol. The number of carbonyl (C=O) groups is 1. The molecule has 0 bridgehead atoms. The van der Waals surface area contributed by atoms with Crippen molar-refractivity contribution in [3.05, 3.63) is 24.3 Å². The molecule has 28 heavy (non-hydrogen) atoms. The standard InChI is InChI=1S/C20H27N5O2S/c1-27-17-8-6-15(7-9-17)19-22-23-20(25(19)21)28-13-18(26)24-11-10-14-4-2-3-5-16(14)12-24/h6-9,14,16H,2-5,10-13,21H2,1H3/t14-,16-/m0/s1. The molecule has 2 aliphatic rings. The smallest absolute Gasteiger partial charge is 0.233 e. The second-order valence-corrected chi connectivity index (χ2v) is 8.57. The van der Waals surface area contributed by atoms with Crippen LogP contribution < -0.4 is 10.6 Å². The molecular weight excluding hydrogens is 374 g/mol. The molecule has 0 unspecified atom stereocenters. The number of methoxy groups -OCH3 is 1. The van der Waals surface area contributed by atoms with Crippen LogP contribution in [0.25, 0.3) is 11.4 Å². The van der Waals surface area contributed by atoms with Gasteiger partial charge in [0, 0.05) is 18.7 Å². The molecule has 1 aliphatic carbocycles. The summed E-state index contributed by atoms with van der Waals surface area (Å²) in [6, 6.07) is 7.49. The fourth-order valence-electron chi connectivity index (χ4n) is 4.36. The van der Waals surface area contributed by atoms with Gasteiger partial charge in [-0.1, -0.05) is 31.0 Å². The second-order valence-electron chi connectivity index (χ2n) is 7.63. The summed E-state index contributed by atoms with van der Waals surface area (Å²) in [5.41, 5.74) is 0.855. The minimum atomic E-state index is 0.169. The molecule has 1 aliphatic heterocycles. The first kappa shape index (κ1) is 19.1. The summed E-state index contributed by atoms with van der Waals surface area (Å²) in [7, 11) is 1.63. The number of rotatable bonds is 5. The highest BCUT2D eigenvalue weighted by Gasteiger charge is 2.32. The molecule has 1 aromatic heterocycles. The Bertz CT molecular complexity index is 823. The van der Waals surface area contributed by atoms with Gasteiger partial charge in [-0.2, -0.15) is 0 Å². The Kier molecular flexibility index (Phi) is 5.75. The van der Waals surface area contributed by atoms with E-state index in [9.17, 15) is 4.79 Å². The summed E-state index contributed by atoms with van der Waals surface area (Å²) in [6.45, 7) is 1.80. The van der Waals surface area contributed by atoms with E-state index in [1.54, 1.807) is 7.11 Å². The minimum Gasteiger partial charge on any atom is -0.497 e. The van der Waals surface area contributed by atoms with Crippen molar-refractivity contribution in [2.75, 3.05) is 31.8 Å². The summed E-state index contributed by atoms with van der Waals surface area (Å²) in [6.07, 6.45) is 6.42. The Labute approximate surface area is 169 Å². The first-order valence-corrected chi connectivity index (χ1v) is 10.9. The predicted molar refractivity (Wildman–Crippen MR) is 110 cm³/mol. The molecule has 4 rings (SSSR count). The van der Waals surface area contributed by atoms with Crippen LogP contribution >= 0.6 is 11.8 Å². The van der Waals surface area contributed by atoms with Crippen molar-refractivity contribution < 1.29 is 9.53 Å². The van der Waals surface area contributed by atoms with Crippen LogP contribution in [-0.4, -0.2) is 51.6 Å². The second kappa shape index (κ2) is 8.43. The van der Waals surface area contributed by atoms with Gasteiger partial charge in [0.1, 0.15) is 5.75 Å². The highest BCUT2D eigenvalue weighted by atomic mass is 32.2. The molecule has 1 aromatic carbocycles. The van der Waals surface area contributed by atoms with Gasteiger partial charge in [-0.05, 0) is 48.9 Å².